The molecule has 1 aromatic rings. The number of benzene rings is 1. The normalized spacial score (nSPS) is 14.6. The van der Waals surface area contributed by atoms with Gasteiger partial charge >= 0.3 is 0 Å². The molecule has 0 saturated carbocycles. The second-order valence-corrected chi connectivity index (χ2v) is 7.04. The highest BCUT2D eigenvalue weighted by molar-refractivity contribution is 9.11. The van der Waals surface area contributed by atoms with Crippen molar-refractivity contribution in [3.63, 3.8) is 0 Å². The molecule has 4 heteroatoms. The highest BCUT2D eigenvalue weighted by Crippen LogP contribution is 2.26. The van der Waals surface area contributed by atoms with Crippen LogP contribution in [0.4, 0.5) is 0 Å². The third-order valence-electron chi connectivity index (χ3n) is 2.65. The van der Waals surface area contributed by atoms with Gasteiger partial charge in [0.2, 0.25) is 0 Å². The highest BCUT2D eigenvalue weighted by atomic mass is 79.9. The van der Waals surface area contributed by atoms with E-state index < -0.39 is 0 Å². The number of hydrogen-bond acceptors (Lipinski definition) is 2. The summed E-state index contributed by atoms with van der Waals surface area (Å²) in [6.45, 7) is 5.55. The third kappa shape index (κ3) is 5.33. The van der Waals surface area contributed by atoms with E-state index in [4.69, 9.17) is 0 Å². The Kier molecular flexibility index (Phi) is 7.15. The van der Waals surface area contributed by atoms with Gasteiger partial charge in [-0.2, -0.15) is 11.8 Å². The Balaban J connectivity index is 2.54. The molecule has 2 atom stereocenters. The smallest absolute Gasteiger partial charge is 0.0303 e. The molecule has 0 amide bonds. The van der Waals surface area contributed by atoms with Crippen LogP contribution in [0.15, 0.2) is 27.1 Å². The molecule has 17 heavy (non-hydrogen) atoms. The Bertz CT molecular complexity index is 357. The zero-order chi connectivity index (χ0) is 12.8. The maximum absolute atomic E-state index is 3.61. The molecule has 0 saturated heterocycles. The van der Waals surface area contributed by atoms with Crippen molar-refractivity contribution < 1.29 is 0 Å². The van der Waals surface area contributed by atoms with Crippen molar-refractivity contribution >= 4 is 43.6 Å². The van der Waals surface area contributed by atoms with Crippen molar-refractivity contribution in [2.24, 2.45) is 5.92 Å². The van der Waals surface area contributed by atoms with Gasteiger partial charge in [-0.25, -0.2) is 0 Å². The molecular weight excluding hydrogens is 362 g/mol. The molecule has 0 fully saturated rings. The summed E-state index contributed by atoms with van der Waals surface area (Å²) in [4.78, 5) is 0. The van der Waals surface area contributed by atoms with E-state index >= 15 is 0 Å². The number of halogens is 2. The summed E-state index contributed by atoms with van der Waals surface area (Å²) >= 11 is 8.99. The molecular formula is C13H19Br2NS. The van der Waals surface area contributed by atoms with Crippen LogP contribution < -0.4 is 5.32 Å². The van der Waals surface area contributed by atoms with Crippen LogP contribution in [0.25, 0.3) is 0 Å². The Hall–Kier alpha value is 0.490. The molecule has 0 aliphatic heterocycles. The minimum atomic E-state index is 0.377. The van der Waals surface area contributed by atoms with Crippen LogP contribution in [0.5, 0.6) is 0 Å². The maximum Gasteiger partial charge on any atom is 0.0303 e. The molecule has 1 rings (SSSR count). The predicted octanol–water partition coefficient (Wildman–Crippen LogP) is 4.86. The lowest BCUT2D eigenvalue weighted by Crippen LogP contribution is -2.25. The number of hydrogen-bond donors (Lipinski definition) is 1. The van der Waals surface area contributed by atoms with E-state index in [0.717, 1.165) is 15.5 Å². The third-order valence-corrected chi connectivity index (χ3v) is 4.74. The molecule has 0 spiro atoms. The van der Waals surface area contributed by atoms with Gasteiger partial charge in [0.1, 0.15) is 0 Å². The minimum absolute atomic E-state index is 0.377. The van der Waals surface area contributed by atoms with Crippen molar-refractivity contribution in [1.29, 1.82) is 0 Å². The molecule has 0 aliphatic carbocycles. The van der Waals surface area contributed by atoms with Gasteiger partial charge < -0.3 is 5.32 Å². The highest BCUT2D eigenvalue weighted by Gasteiger charge is 2.10. The SMILES string of the molecule is CSCC(C)CNC(C)c1ccc(Br)cc1Br. The standard InChI is InChI=1S/C13H19Br2NS/c1-9(8-17-3)7-16-10(2)12-5-4-11(14)6-13(12)15/h4-6,9-10,16H,7-8H2,1-3H3. The van der Waals surface area contributed by atoms with E-state index in [-0.39, 0.29) is 0 Å². The van der Waals surface area contributed by atoms with Crippen molar-refractivity contribution in [2.75, 3.05) is 18.6 Å². The minimum Gasteiger partial charge on any atom is -0.310 e. The van der Waals surface area contributed by atoms with Crippen LogP contribution in [-0.4, -0.2) is 18.6 Å². The first-order valence-corrected chi connectivity index (χ1v) is 8.69. The van der Waals surface area contributed by atoms with Gasteiger partial charge in [-0.05, 0) is 49.1 Å². The zero-order valence-electron chi connectivity index (χ0n) is 10.5. The number of thioether (sulfide) groups is 1. The Morgan fingerprint density at radius 1 is 1.29 bits per heavy atom. The summed E-state index contributed by atoms with van der Waals surface area (Å²) in [5.41, 5.74) is 1.31. The van der Waals surface area contributed by atoms with E-state index in [9.17, 15) is 0 Å². The first-order valence-electron chi connectivity index (χ1n) is 5.72. The topological polar surface area (TPSA) is 12.0 Å². The van der Waals surface area contributed by atoms with E-state index in [1.807, 2.05) is 11.8 Å². The van der Waals surface area contributed by atoms with Gasteiger partial charge in [-0.1, -0.05) is 44.8 Å². The molecule has 0 bridgehead atoms. The monoisotopic (exact) mass is 379 g/mol. The van der Waals surface area contributed by atoms with E-state index in [2.05, 4.69) is 75.5 Å². The quantitative estimate of drug-likeness (QED) is 0.756. The lowest BCUT2D eigenvalue weighted by molar-refractivity contribution is 0.500. The maximum atomic E-state index is 3.61. The van der Waals surface area contributed by atoms with Crippen LogP contribution >= 0.6 is 43.6 Å². The van der Waals surface area contributed by atoms with Crippen molar-refractivity contribution in [3.8, 4) is 0 Å². The first-order chi connectivity index (χ1) is 8.04. The molecule has 1 N–H and O–H groups in total. The van der Waals surface area contributed by atoms with E-state index in [0.29, 0.717) is 12.0 Å². The Labute approximate surface area is 125 Å². The van der Waals surface area contributed by atoms with Crippen LogP contribution in [0.2, 0.25) is 0 Å². The zero-order valence-corrected chi connectivity index (χ0v) is 14.5. The summed E-state index contributed by atoms with van der Waals surface area (Å²) in [6, 6.07) is 6.72. The fourth-order valence-corrected chi connectivity index (χ4v) is 3.76. The molecule has 1 nitrogen and oxygen atoms in total. The lowest BCUT2D eigenvalue weighted by atomic mass is 10.1. The summed E-state index contributed by atoms with van der Waals surface area (Å²) in [5, 5.41) is 3.59. The number of rotatable bonds is 6. The molecule has 0 heterocycles. The first kappa shape index (κ1) is 15.5. The van der Waals surface area contributed by atoms with Gasteiger partial charge in [-0.3, -0.25) is 0 Å². The van der Waals surface area contributed by atoms with E-state index in [1.54, 1.807) is 0 Å². The van der Waals surface area contributed by atoms with Crippen molar-refractivity contribution in [3.05, 3.63) is 32.7 Å². The van der Waals surface area contributed by atoms with Gasteiger partial charge in [0, 0.05) is 15.0 Å². The van der Waals surface area contributed by atoms with Gasteiger partial charge in [0.05, 0.1) is 0 Å². The summed E-state index contributed by atoms with van der Waals surface area (Å²) < 4.78 is 2.26. The molecule has 0 aliphatic rings. The molecule has 0 aromatic heterocycles. The van der Waals surface area contributed by atoms with Crippen molar-refractivity contribution in [2.45, 2.75) is 19.9 Å². The molecule has 2 unspecified atom stereocenters. The van der Waals surface area contributed by atoms with Gasteiger partial charge in [0.25, 0.3) is 0 Å². The lowest BCUT2D eigenvalue weighted by Gasteiger charge is -2.19. The summed E-state index contributed by atoms with van der Waals surface area (Å²) in [5.74, 6) is 1.92. The van der Waals surface area contributed by atoms with Gasteiger partial charge in [0.15, 0.2) is 0 Å². The van der Waals surface area contributed by atoms with E-state index in [1.165, 1.54) is 11.3 Å². The fourth-order valence-electron chi connectivity index (χ4n) is 1.68. The average Bonchev–Trinajstić information content (AvgIpc) is 2.26. The van der Waals surface area contributed by atoms with Crippen molar-refractivity contribution in [1.82, 2.24) is 5.32 Å². The second kappa shape index (κ2) is 7.82. The summed E-state index contributed by atoms with van der Waals surface area (Å²) in [6.07, 6.45) is 2.16. The van der Waals surface area contributed by atoms with Crippen LogP contribution in [-0.2, 0) is 0 Å². The Morgan fingerprint density at radius 3 is 2.59 bits per heavy atom. The van der Waals surface area contributed by atoms with Crippen LogP contribution in [0.1, 0.15) is 25.5 Å². The van der Waals surface area contributed by atoms with Crippen LogP contribution in [0.3, 0.4) is 0 Å². The van der Waals surface area contributed by atoms with Crippen LogP contribution in [0, 0.1) is 5.92 Å². The summed E-state index contributed by atoms with van der Waals surface area (Å²) in [7, 11) is 0. The largest absolute Gasteiger partial charge is 0.310 e. The molecule has 0 radical (unpaired) electrons. The number of nitrogens with one attached hydrogen (secondary N) is 1. The Morgan fingerprint density at radius 2 is 2.00 bits per heavy atom. The predicted molar refractivity (Wildman–Crippen MR) is 85.8 cm³/mol. The average molecular weight is 381 g/mol. The fraction of sp³-hybridized carbons (Fsp3) is 0.538. The second-order valence-electron chi connectivity index (χ2n) is 4.36. The van der Waals surface area contributed by atoms with Gasteiger partial charge in [-0.15, -0.1) is 0 Å². The molecule has 96 valence electrons. The molecule has 1 aromatic carbocycles.